The van der Waals surface area contributed by atoms with Gasteiger partial charge in [-0.05, 0) is 13.0 Å². The van der Waals surface area contributed by atoms with Gasteiger partial charge in [0.15, 0.2) is 0 Å². The summed E-state index contributed by atoms with van der Waals surface area (Å²) in [6.45, 7) is 1.44. The molecule has 0 atom stereocenters. The number of aryl methyl sites for hydroxylation is 1. The number of carboxylic acids is 1. The van der Waals surface area contributed by atoms with Gasteiger partial charge in [0, 0.05) is 5.69 Å². The Labute approximate surface area is 108 Å². The summed E-state index contributed by atoms with van der Waals surface area (Å²) in [5.41, 5.74) is 1.62. The van der Waals surface area contributed by atoms with Gasteiger partial charge < -0.3 is 20.7 Å². The Morgan fingerprint density at radius 1 is 1.37 bits per heavy atom. The Hall–Kier alpha value is -2.64. The Kier molecular flexibility index (Phi) is 3.60. The van der Waals surface area contributed by atoms with Crippen molar-refractivity contribution in [3.05, 3.63) is 18.1 Å². The smallest absolute Gasteiger partial charge is 0.322 e. The van der Waals surface area contributed by atoms with Gasteiger partial charge in [-0.2, -0.15) is 0 Å². The number of aromatic amines is 1. The molecule has 0 spiro atoms. The van der Waals surface area contributed by atoms with Crippen molar-refractivity contribution in [2.45, 2.75) is 6.92 Å². The van der Waals surface area contributed by atoms with Gasteiger partial charge in [0.2, 0.25) is 5.91 Å². The molecule has 0 aliphatic heterocycles. The summed E-state index contributed by atoms with van der Waals surface area (Å²) >= 11 is 0. The normalized spacial score (nSPS) is 10.4. The molecule has 0 radical (unpaired) electrons. The first-order valence-corrected chi connectivity index (χ1v) is 5.59. The van der Waals surface area contributed by atoms with Crippen LogP contribution in [0.5, 0.6) is 0 Å². The highest BCUT2D eigenvalue weighted by molar-refractivity contribution is 5.90. The standard InChI is InChI=1S/C11H13N5O3/c1-6-2-7-10(14-5-15-11(7)16-6)13-3-8(17)12-4-9(18)19/h2,5H,3-4H2,1H3,(H,12,17)(H,18,19)(H2,13,14,15,16). The van der Waals surface area contributed by atoms with Gasteiger partial charge in [0.1, 0.15) is 24.3 Å². The summed E-state index contributed by atoms with van der Waals surface area (Å²) in [6, 6.07) is 1.87. The summed E-state index contributed by atoms with van der Waals surface area (Å²) in [5, 5.41) is 14.3. The minimum absolute atomic E-state index is 0.0520. The highest BCUT2D eigenvalue weighted by Crippen LogP contribution is 2.19. The lowest BCUT2D eigenvalue weighted by Crippen LogP contribution is -2.34. The zero-order valence-electron chi connectivity index (χ0n) is 10.2. The van der Waals surface area contributed by atoms with Gasteiger partial charge in [-0.15, -0.1) is 0 Å². The van der Waals surface area contributed by atoms with Gasteiger partial charge in [-0.25, -0.2) is 9.97 Å². The number of carbonyl (C=O) groups excluding carboxylic acids is 1. The zero-order chi connectivity index (χ0) is 13.8. The van der Waals surface area contributed by atoms with Crippen molar-refractivity contribution in [1.82, 2.24) is 20.3 Å². The average Bonchev–Trinajstić information content (AvgIpc) is 2.74. The lowest BCUT2D eigenvalue weighted by Gasteiger charge is -2.06. The largest absolute Gasteiger partial charge is 0.480 e. The molecule has 1 amide bonds. The quantitative estimate of drug-likeness (QED) is 0.597. The number of fused-ring (bicyclic) bond motifs is 1. The summed E-state index contributed by atoms with van der Waals surface area (Å²) in [6.07, 6.45) is 1.38. The molecular formula is C11H13N5O3. The molecule has 0 aliphatic rings. The Morgan fingerprint density at radius 2 is 2.16 bits per heavy atom. The fourth-order valence-corrected chi connectivity index (χ4v) is 1.61. The minimum Gasteiger partial charge on any atom is -0.480 e. The monoisotopic (exact) mass is 263 g/mol. The summed E-state index contributed by atoms with van der Waals surface area (Å²) in [4.78, 5) is 32.8. The second-order valence-corrected chi connectivity index (χ2v) is 3.96. The number of nitrogens with zero attached hydrogens (tertiary/aromatic N) is 2. The third kappa shape index (κ3) is 3.18. The Morgan fingerprint density at radius 3 is 2.89 bits per heavy atom. The first-order chi connectivity index (χ1) is 9.06. The van der Waals surface area contributed by atoms with E-state index in [0.717, 1.165) is 11.1 Å². The molecule has 4 N–H and O–H groups in total. The van der Waals surface area contributed by atoms with Gasteiger partial charge in [-0.3, -0.25) is 9.59 Å². The molecule has 100 valence electrons. The van der Waals surface area contributed by atoms with E-state index in [1.165, 1.54) is 6.33 Å². The molecule has 0 aliphatic carbocycles. The second-order valence-electron chi connectivity index (χ2n) is 3.96. The van der Waals surface area contributed by atoms with E-state index in [1.54, 1.807) is 0 Å². The maximum absolute atomic E-state index is 11.4. The molecule has 2 rings (SSSR count). The predicted molar refractivity (Wildman–Crippen MR) is 67.8 cm³/mol. The fourth-order valence-electron chi connectivity index (χ4n) is 1.61. The molecule has 0 saturated carbocycles. The number of nitrogens with one attached hydrogen (secondary N) is 3. The maximum Gasteiger partial charge on any atom is 0.322 e. The van der Waals surface area contributed by atoms with Crippen LogP contribution in [0.3, 0.4) is 0 Å². The number of aliphatic carboxylic acids is 1. The maximum atomic E-state index is 11.4. The number of rotatable bonds is 5. The van der Waals surface area contributed by atoms with E-state index in [-0.39, 0.29) is 6.54 Å². The van der Waals surface area contributed by atoms with E-state index in [9.17, 15) is 9.59 Å². The third-order valence-electron chi connectivity index (χ3n) is 2.41. The van der Waals surface area contributed by atoms with Crippen LogP contribution in [0.25, 0.3) is 11.0 Å². The van der Waals surface area contributed by atoms with E-state index in [2.05, 4.69) is 25.6 Å². The topological polar surface area (TPSA) is 120 Å². The lowest BCUT2D eigenvalue weighted by atomic mass is 10.3. The van der Waals surface area contributed by atoms with Crippen LogP contribution in [-0.2, 0) is 9.59 Å². The molecule has 0 unspecified atom stereocenters. The summed E-state index contributed by atoms with van der Waals surface area (Å²) < 4.78 is 0. The molecule has 2 heterocycles. The van der Waals surface area contributed by atoms with Gasteiger partial charge in [0.05, 0.1) is 11.9 Å². The van der Waals surface area contributed by atoms with Crippen LogP contribution in [-0.4, -0.2) is 45.0 Å². The van der Waals surface area contributed by atoms with E-state index in [0.29, 0.717) is 11.5 Å². The van der Waals surface area contributed by atoms with Crippen LogP contribution in [0.2, 0.25) is 0 Å². The lowest BCUT2D eigenvalue weighted by molar-refractivity contribution is -0.137. The molecule has 0 saturated heterocycles. The van der Waals surface area contributed by atoms with Crippen molar-refractivity contribution in [1.29, 1.82) is 0 Å². The van der Waals surface area contributed by atoms with Gasteiger partial charge >= 0.3 is 5.97 Å². The first kappa shape index (κ1) is 12.8. The molecule has 0 aromatic carbocycles. The molecule has 0 bridgehead atoms. The minimum atomic E-state index is -1.08. The van der Waals surface area contributed by atoms with Crippen LogP contribution in [0, 0.1) is 6.92 Å². The number of H-pyrrole nitrogens is 1. The van der Waals surface area contributed by atoms with Crippen LogP contribution >= 0.6 is 0 Å². The first-order valence-electron chi connectivity index (χ1n) is 5.59. The van der Waals surface area contributed by atoms with E-state index in [4.69, 9.17) is 5.11 Å². The molecule has 0 fully saturated rings. The fraction of sp³-hybridized carbons (Fsp3) is 0.273. The highest BCUT2D eigenvalue weighted by atomic mass is 16.4. The molecule has 2 aromatic heterocycles. The number of carboxylic acid groups (broad SMARTS) is 1. The highest BCUT2D eigenvalue weighted by Gasteiger charge is 2.08. The second kappa shape index (κ2) is 5.34. The van der Waals surface area contributed by atoms with Crippen LogP contribution in [0.4, 0.5) is 5.82 Å². The van der Waals surface area contributed by atoms with E-state index < -0.39 is 18.4 Å². The van der Waals surface area contributed by atoms with Crippen molar-refractivity contribution in [3.63, 3.8) is 0 Å². The van der Waals surface area contributed by atoms with Crippen molar-refractivity contribution in [2.24, 2.45) is 0 Å². The SMILES string of the molecule is Cc1cc2c(NCC(=O)NCC(=O)O)ncnc2[nH]1. The number of hydrogen-bond acceptors (Lipinski definition) is 5. The molecule has 8 heteroatoms. The van der Waals surface area contributed by atoms with Gasteiger partial charge in [0.25, 0.3) is 0 Å². The number of carbonyl (C=O) groups is 2. The Bertz CT molecular complexity index is 622. The predicted octanol–water partition coefficient (Wildman–Crippen LogP) is -0.121. The van der Waals surface area contributed by atoms with Crippen LogP contribution < -0.4 is 10.6 Å². The number of anilines is 1. The van der Waals surface area contributed by atoms with Crippen molar-refractivity contribution in [2.75, 3.05) is 18.4 Å². The van der Waals surface area contributed by atoms with Crippen molar-refractivity contribution in [3.8, 4) is 0 Å². The van der Waals surface area contributed by atoms with E-state index >= 15 is 0 Å². The number of aromatic nitrogens is 3. The third-order valence-corrected chi connectivity index (χ3v) is 2.41. The van der Waals surface area contributed by atoms with Crippen LogP contribution in [0.15, 0.2) is 12.4 Å². The number of hydrogen-bond donors (Lipinski definition) is 4. The molecule has 2 aromatic rings. The van der Waals surface area contributed by atoms with Crippen molar-refractivity contribution >= 4 is 28.7 Å². The molecule has 19 heavy (non-hydrogen) atoms. The molecular weight excluding hydrogens is 250 g/mol. The zero-order valence-corrected chi connectivity index (χ0v) is 10.2. The molecule has 8 nitrogen and oxygen atoms in total. The Balaban J connectivity index is 2.01. The summed E-state index contributed by atoms with van der Waals surface area (Å²) in [7, 11) is 0. The van der Waals surface area contributed by atoms with Gasteiger partial charge in [-0.1, -0.05) is 0 Å². The summed E-state index contributed by atoms with van der Waals surface area (Å²) in [5.74, 6) is -0.972. The number of amides is 1. The van der Waals surface area contributed by atoms with E-state index in [1.807, 2.05) is 13.0 Å². The average molecular weight is 263 g/mol. The van der Waals surface area contributed by atoms with Crippen molar-refractivity contribution < 1.29 is 14.7 Å². The van der Waals surface area contributed by atoms with Crippen LogP contribution in [0.1, 0.15) is 5.69 Å².